The summed E-state index contributed by atoms with van der Waals surface area (Å²) in [6, 6.07) is 0. The van der Waals surface area contributed by atoms with E-state index in [4.69, 9.17) is 0 Å². The van der Waals surface area contributed by atoms with E-state index in [1.54, 1.807) is 0 Å². The Balaban J connectivity index is 2.09. The van der Waals surface area contributed by atoms with Gasteiger partial charge in [-0.3, -0.25) is 4.79 Å². The van der Waals surface area contributed by atoms with Crippen molar-refractivity contribution < 1.29 is 4.79 Å². The van der Waals surface area contributed by atoms with Crippen LogP contribution in [0.2, 0.25) is 0 Å². The topological polar surface area (TPSA) is 17.1 Å². The average molecular weight is 206 g/mol. The third kappa shape index (κ3) is 0.976. The Morgan fingerprint density at radius 1 is 1.20 bits per heavy atom. The molecule has 3 aliphatic rings. The number of fused-ring (bicyclic) bond motifs is 1. The monoisotopic (exact) mass is 206 g/mol. The molecule has 1 spiro atoms. The molecule has 1 heteroatoms. The highest BCUT2D eigenvalue weighted by Crippen LogP contribution is 2.67. The fraction of sp³-hybridized carbons (Fsp3) is 0.929. The Bertz CT molecular complexity index is 317. The third-order valence-corrected chi connectivity index (χ3v) is 6.03. The summed E-state index contributed by atoms with van der Waals surface area (Å²) in [6.07, 6.45) is 6.39. The van der Waals surface area contributed by atoms with Gasteiger partial charge in [0.05, 0.1) is 0 Å². The van der Waals surface area contributed by atoms with Gasteiger partial charge in [-0.15, -0.1) is 0 Å². The van der Waals surface area contributed by atoms with Crippen LogP contribution in [0.25, 0.3) is 0 Å². The zero-order chi connectivity index (χ0) is 10.8. The lowest BCUT2D eigenvalue weighted by atomic mass is 9.55. The summed E-state index contributed by atoms with van der Waals surface area (Å²) in [5, 5.41) is 0. The molecular weight excluding hydrogens is 184 g/mol. The molecule has 2 bridgehead atoms. The van der Waals surface area contributed by atoms with Crippen molar-refractivity contribution in [3.8, 4) is 0 Å². The van der Waals surface area contributed by atoms with E-state index >= 15 is 0 Å². The zero-order valence-electron chi connectivity index (χ0n) is 10.2. The number of carbonyl (C=O) groups excluding carboxylic acids is 1. The maximum atomic E-state index is 12.4. The third-order valence-electron chi connectivity index (χ3n) is 6.03. The molecule has 1 nitrogen and oxygen atoms in total. The minimum atomic E-state index is -0.0236. The van der Waals surface area contributed by atoms with E-state index < -0.39 is 0 Å². The molecule has 3 aliphatic carbocycles. The summed E-state index contributed by atoms with van der Waals surface area (Å²) in [7, 11) is 0. The summed E-state index contributed by atoms with van der Waals surface area (Å²) in [5.74, 6) is 2.54. The Labute approximate surface area is 92.6 Å². The summed E-state index contributed by atoms with van der Waals surface area (Å²) in [5.41, 5.74) is 0.534. The number of hydrogen-bond donors (Lipinski definition) is 0. The lowest BCUT2D eigenvalue weighted by Gasteiger charge is -2.47. The minimum Gasteiger partial charge on any atom is -0.299 e. The van der Waals surface area contributed by atoms with E-state index in [9.17, 15) is 4.79 Å². The Hall–Kier alpha value is -0.330. The molecule has 84 valence electrons. The highest BCUT2D eigenvalue weighted by Gasteiger charge is 2.63. The molecule has 0 aromatic carbocycles. The van der Waals surface area contributed by atoms with Crippen LogP contribution in [0, 0.1) is 28.6 Å². The predicted molar refractivity (Wildman–Crippen MR) is 60.5 cm³/mol. The van der Waals surface area contributed by atoms with Crippen LogP contribution >= 0.6 is 0 Å². The second kappa shape index (κ2) is 2.67. The van der Waals surface area contributed by atoms with Crippen LogP contribution in [-0.2, 0) is 4.79 Å². The van der Waals surface area contributed by atoms with Gasteiger partial charge in [0.2, 0.25) is 0 Å². The van der Waals surface area contributed by atoms with Crippen molar-refractivity contribution in [2.24, 2.45) is 28.6 Å². The van der Waals surface area contributed by atoms with Crippen molar-refractivity contribution in [3.05, 3.63) is 0 Å². The van der Waals surface area contributed by atoms with Crippen LogP contribution in [0.1, 0.15) is 52.9 Å². The van der Waals surface area contributed by atoms with Gasteiger partial charge in [0, 0.05) is 11.3 Å². The first-order chi connectivity index (χ1) is 6.98. The first-order valence-electron chi connectivity index (χ1n) is 6.53. The second-order valence-electron chi connectivity index (χ2n) is 6.79. The molecule has 0 N–H and O–H groups in total. The molecule has 0 saturated heterocycles. The van der Waals surface area contributed by atoms with Gasteiger partial charge in [-0.2, -0.15) is 0 Å². The van der Waals surface area contributed by atoms with Gasteiger partial charge in [0.25, 0.3) is 0 Å². The molecule has 3 saturated carbocycles. The fourth-order valence-corrected chi connectivity index (χ4v) is 5.21. The van der Waals surface area contributed by atoms with E-state index in [1.165, 1.54) is 32.1 Å². The van der Waals surface area contributed by atoms with Gasteiger partial charge in [0.15, 0.2) is 0 Å². The standard InChI is InChI=1S/C14H22O/c1-9-4-5-11-13(2,3)12(15)10-6-7-14(9,11)8-10/h9-11H,4-8H2,1-3H3. The zero-order valence-corrected chi connectivity index (χ0v) is 10.2. The largest absolute Gasteiger partial charge is 0.299 e. The van der Waals surface area contributed by atoms with E-state index in [0.717, 1.165) is 5.92 Å². The van der Waals surface area contributed by atoms with Crippen LogP contribution in [0.15, 0.2) is 0 Å². The van der Waals surface area contributed by atoms with Crippen LogP contribution in [0.3, 0.4) is 0 Å². The molecular formula is C14H22O. The van der Waals surface area contributed by atoms with Gasteiger partial charge in [-0.1, -0.05) is 20.8 Å². The molecule has 4 unspecified atom stereocenters. The summed E-state index contributed by atoms with van der Waals surface area (Å²) < 4.78 is 0. The first-order valence-corrected chi connectivity index (χ1v) is 6.53. The van der Waals surface area contributed by atoms with Gasteiger partial charge in [-0.05, 0) is 49.4 Å². The summed E-state index contributed by atoms with van der Waals surface area (Å²) in [4.78, 5) is 12.4. The van der Waals surface area contributed by atoms with E-state index in [1.807, 2.05) is 0 Å². The molecule has 0 heterocycles. The maximum absolute atomic E-state index is 12.4. The van der Waals surface area contributed by atoms with Crippen molar-refractivity contribution in [2.75, 3.05) is 0 Å². The SMILES string of the molecule is CC1CCC2C(C)(C)C(=O)C3CCC12C3. The van der Waals surface area contributed by atoms with Gasteiger partial charge in [-0.25, -0.2) is 0 Å². The molecule has 0 amide bonds. The molecule has 0 radical (unpaired) electrons. The van der Waals surface area contributed by atoms with Gasteiger partial charge >= 0.3 is 0 Å². The number of rotatable bonds is 0. The minimum absolute atomic E-state index is 0.0236. The van der Waals surface area contributed by atoms with E-state index in [2.05, 4.69) is 20.8 Å². The van der Waals surface area contributed by atoms with E-state index in [0.29, 0.717) is 23.0 Å². The quantitative estimate of drug-likeness (QED) is 0.593. The number of ketones is 1. The normalized spacial score (nSPS) is 51.9. The average Bonchev–Trinajstić information content (AvgIpc) is 2.71. The van der Waals surface area contributed by atoms with Crippen molar-refractivity contribution in [1.82, 2.24) is 0 Å². The van der Waals surface area contributed by atoms with Crippen LogP contribution in [0.5, 0.6) is 0 Å². The number of Topliss-reactive ketones (excluding diaryl/α,β-unsaturated/α-hetero) is 1. The van der Waals surface area contributed by atoms with Crippen molar-refractivity contribution in [1.29, 1.82) is 0 Å². The maximum Gasteiger partial charge on any atom is 0.141 e. The second-order valence-corrected chi connectivity index (χ2v) is 6.79. The molecule has 0 aromatic rings. The highest BCUT2D eigenvalue weighted by molar-refractivity contribution is 5.88. The number of hydrogen-bond acceptors (Lipinski definition) is 1. The molecule has 15 heavy (non-hydrogen) atoms. The first kappa shape index (κ1) is 9.86. The lowest BCUT2D eigenvalue weighted by molar-refractivity contribution is -0.141. The molecule has 3 fully saturated rings. The Kier molecular flexibility index (Phi) is 1.76. The van der Waals surface area contributed by atoms with Gasteiger partial charge < -0.3 is 0 Å². The number of carbonyl (C=O) groups is 1. The highest BCUT2D eigenvalue weighted by atomic mass is 16.1. The molecule has 0 aromatic heterocycles. The van der Waals surface area contributed by atoms with Crippen molar-refractivity contribution in [2.45, 2.75) is 52.9 Å². The Morgan fingerprint density at radius 2 is 1.93 bits per heavy atom. The molecule has 4 atom stereocenters. The van der Waals surface area contributed by atoms with Crippen molar-refractivity contribution in [3.63, 3.8) is 0 Å². The summed E-state index contributed by atoms with van der Waals surface area (Å²) in [6.45, 7) is 6.85. The smallest absolute Gasteiger partial charge is 0.141 e. The summed E-state index contributed by atoms with van der Waals surface area (Å²) >= 11 is 0. The van der Waals surface area contributed by atoms with Crippen molar-refractivity contribution >= 4 is 5.78 Å². The van der Waals surface area contributed by atoms with Crippen LogP contribution < -0.4 is 0 Å². The predicted octanol–water partition coefficient (Wildman–Crippen LogP) is 3.43. The fourth-order valence-electron chi connectivity index (χ4n) is 5.21. The van der Waals surface area contributed by atoms with Crippen LogP contribution in [-0.4, -0.2) is 5.78 Å². The Morgan fingerprint density at radius 3 is 2.67 bits per heavy atom. The molecule has 0 aliphatic heterocycles. The molecule has 3 rings (SSSR count). The lowest BCUT2D eigenvalue weighted by Crippen LogP contribution is -2.47. The van der Waals surface area contributed by atoms with E-state index in [-0.39, 0.29) is 5.41 Å². The van der Waals surface area contributed by atoms with Crippen LogP contribution in [0.4, 0.5) is 0 Å². The van der Waals surface area contributed by atoms with Gasteiger partial charge in [0.1, 0.15) is 5.78 Å².